The monoisotopic (exact) mass is 243 g/mol. The topological polar surface area (TPSA) is 12.0 Å². The highest BCUT2D eigenvalue weighted by molar-refractivity contribution is 7.99. The van der Waals surface area contributed by atoms with Crippen molar-refractivity contribution in [3.63, 3.8) is 0 Å². The summed E-state index contributed by atoms with van der Waals surface area (Å²) < 4.78 is 0. The van der Waals surface area contributed by atoms with E-state index in [9.17, 15) is 0 Å². The summed E-state index contributed by atoms with van der Waals surface area (Å²) in [5.74, 6) is 2.62. The van der Waals surface area contributed by atoms with Crippen molar-refractivity contribution in [3.8, 4) is 0 Å². The van der Waals surface area contributed by atoms with Gasteiger partial charge in [-0.15, -0.1) is 0 Å². The van der Waals surface area contributed by atoms with Gasteiger partial charge < -0.3 is 5.32 Å². The molecule has 0 aromatic carbocycles. The SMILES string of the molecule is CCSCCCC(CC)(CC)CNC1CC1. The van der Waals surface area contributed by atoms with E-state index in [1.165, 1.54) is 56.6 Å². The highest BCUT2D eigenvalue weighted by atomic mass is 32.2. The second kappa shape index (κ2) is 7.60. The first kappa shape index (κ1) is 14.4. The molecule has 1 aliphatic rings. The lowest BCUT2D eigenvalue weighted by molar-refractivity contribution is 0.225. The lowest BCUT2D eigenvalue weighted by Gasteiger charge is -2.32. The Morgan fingerprint density at radius 2 is 1.88 bits per heavy atom. The summed E-state index contributed by atoms with van der Waals surface area (Å²) in [6, 6.07) is 0.863. The summed E-state index contributed by atoms with van der Waals surface area (Å²) in [4.78, 5) is 0. The van der Waals surface area contributed by atoms with Gasteiger partial charge in [0, 0.05) is 12.6 Å². The van der Waals surface area contributed by atoms with E-state index >= 15 is 0 Å². The van der Waals surface area contributed by atoms with Crippen LogP contribution in [0.5, 0.6) is 0 Å². The Kier molecular flexibility index (Phi) is 6.83. The normalized spacial score (nSPS) is 16.7. The summed E-state index contributed by atoms with van der Waals surface area (Å²) >= 11 is 2.09. The Hall–Kier alpha value is 0.310. The first-order valence-corrected chi connectivity index (χ1v) is 8.23. The van der Waals surface area contributed by atoms with Crippen LogP contribution in [0.3, 0.4) is 0 Å². The van der Waals surface area contributed by atoms with E-state index in [0.717, 1.165) is 6.04 Å². The fourth-order valence-electron chi connectivity index (χ4n) is 2.28. The molecule has 1 fully saturated rings. The molecule has 0 aliphatic heterocycles. The molecule has 0 saturated heterocycles. The van der Waals surface area contributed by atoms with Crippen LogP contribution in [-0.4, -0.2) is 24.1 Å². The van der Waals surface area contributed by atoms with Gasteiger partial charge in [0.05, 0.1) is 0 Å². The molecule has 1 aliphatic carbocycles. The van der Waals surface area contributed by atoms with E-state index in [2.05, 4.69) is 37.8 Å². The Morgan fingerprint density at radius 1 is 1.19 bits per heavy atom. The van der Waals surface area contributed by atoms with Gasteiger partial charge in [0.25, 0.3) is 0 Å². The number of thioether (sulfide) groups is 1. The summed E-state index contributed by atoms with van der Waals surface area (Å²) in [7, 11) is 0. The second-order valence-electron chi connectivity index (χ2n) is 5.16. The van der Waals surface area contributed by atoms with Crippen LogP contribution in [0.1, 0.15) is 59.3 Å². The Balaban J connectivity index is 2.24. The Morgan fingerprint density at radius 3 is 2.38 bits per heavy atom. The third-order valence-corrected chi connectivity index (χ3v) is 5.03. The van der Waals surface area contributed by atoms with Crippen LogP contribution in [0.2, 0.25) is 0 Å². The molecule has 0 heterocycles. The van der Waals surface area contributed by atoms with Gasteiger partial charge in [0.1, 0.15) is 0 Å². The molecule has 0 unspecified atom stereocenters. The van der Waals surface area contributed by atoms with Crippen molar-refractivity contribution in [1.82, 2.24) is 5.32 Å². The van der Waals surface area contributed by atoms with E-state index in [4.69, 9.17) is 0 Å². The summed E-state index contributed by atoms with van der Waals surface area (Å²) in [6.07, 6.45) is 8.30. The van der Waals surface area contributed by atoms with E-state index in [0.29, 0.717) is 5.41 Å². The molecule has 0 aromatic rings. The largest absolute Gasteiger partial charge is 0.313 e. The summed E-state index contributed by atoms with van der Waals surface area (Å²) in [5, 5.41) is 3.73. The standard InChI is InChI=1S/C14H29NS/c1-4-14(5-2,10-7-11-16-6-3)12-15-13-8-9-13/h13,15H,4-12H2,1-3H3. The zero-order chi connectivity index (χ0) is 11.9. The van der Waals surface area contributed by atoms with Gasteiger partial charge in [-0.05, 0) is 55.4 Å². The fraction of sp³-hybridized carbons (Fsp3) is 1.00. The minimum atomic E-state index is 0.580. The lowest BCUT2D eigenvalue weighted by atomic mass is 9.78. The van der Waals surface area contributed by atoms with Gasteiger partial charge in [-0.1, -0.05) is 20.8 Å². The fourth-order valence-corrected chi connectivity index (χ4v) is 2.92. The first-order valence-electron chi connectivity index (χ1n) is 7.07. The molecule has 96 valence electrons. The number of hydrogen-bond acceptors (Lipinski definition) is 2. The van der Waals surface area contributed by atoms with Crippen molar-refractivity contribution in [1.29, 1.82) is 0 Å². The molecule has 0 radical (unpaired) electrons. The predicted octanol–water partition coefficient (Wildman–Crippen LogP) is 4.08. The molecule has 1 rings (SSSR count). The quantitative estimate of drug-likeness (QED) is 0.580. The second-order valence-corrected chi connectivity index (χ2v) is 6.56. The highest BCUT2D eigenvalue weighted by Gasteiger charge is 2.29. The van der Waals surface area contributed by atoms with Crippen LogP contribution < -0.4 is 5.32 Å². The number of rotatable bonds is 10. The molecule has 0 bridgehead atoms. The zero-order valence-electron chi connectivity index (χ0n) is 11.3. The minimum Gasteiger partial charge on any atom is -0.313 e. The smallest absolute Gasteiger partial charge is 0.00684 e. The molecular weight excluding hydrogens is 214 g/mol. The Labute approximate surface area is 106 Å². The molecule has 0 amide bonds. The van der Waals surface area contributed by atoms with Crippen molar-refractivity contribution in [2.75, 3.05) is 18.1 Å². The van der Waals surface area contributed by atoms with Crippen LogP contribution in [-0.2, 0) is 0 Å². The van der Waals surface area contributed by atoms with Gasteiger partial charge in [-0.25, -0.2) is 0 Å². The van der Waals surface area contributed by atoms with E-state index in [-0.39, 0.29) is 0 Å². The van der Waals surface area contributed by atoms with Crippen LogP contribution in [0.4, 0.5) is 0 Å². The Bertz CT molecular complexity index is 174. The molecule has 1 nitrogen and oxygen atoms in total. The molecule has 1 N–H and O–H groups in total. The van der Waals surface area contributed by atoms with Gasteiger partial charge in [-0.2, -0.15) is 11.8 Å². The molecule has 0 spiro atoms. The summed E-state index contributed by atoms with van der Waals surface area (Å²) in [5.41, 5.74) is 0.580. The number of hydrogen-bond donors (Lipinski definition) is 1. The third-order valence-electron chi connectivity index (χ3n) is 4.04. The van der Waals surface area contributed by atoms with Crippen molar-refractivity contribution in [2.45, 2.75) is 65.3 Å². The van der Waals surface area contributed by atoms with E-state index in [1.807, 2.05) is 0 Å². The van der Waals surface area contributed by atoms with Gasteiger partial charge in [-0.3, -0.25) is 0 Å². The molecule has 2 heteroatoms. The highest BCUT2D eigenvalue weighted by Crippen LogP contribution is 2.33. The van der Waals surface area contributed by atoms with Crippen LogP contribution in [0.15, 0.2) is 0 Å². The average molecular weight is 243 g/mol. The third kappa shape index (κ3) is 5.09. The predicted molar refractivity (Wildman–Crippen MR) is 76.3 cm³/mol. The maximum absolute atomic E-state index is 3.73. The molecule has 16 heavy (non-hydrogen) atoms. The molecular formula is C14H29NS. The van der Waals surface area contributed by atoms with Crippen LogP contribution >= 0.6 is 11.8 Å². The maximum Gasteiger partial charge on any atom is 0.00684 e. The van der Waals surface area contributed by atoms with Gasteiger partial charge >= 0.3 is 0 Å². The van der Waals surface area contributed by atoms with Crippen molar-refractivity contribution >= 4 is 11.8 Å². The van der Waals surface area contributed by atoms with Crippen LogP contribution in [0, 0.1) is 5.41 Å². The van der Waals surface area contributed by atoms with Gasteiger partial charge in [0.2, 0.25) is 0 Å². The van der Waals surface area contributed by atoms with Crippen LogP contribution in [0.25, 0.3) is 0 Å². The average Bonchev–Trinajstić information content (AvgIpc) is 3.13. The molecule has 0 atom stereocenters. The minimum absolute atomic E-state index is 0.580. The first-order chi connectivity index (χ1) is 7.76. The van der Waals surface area contributed by atoms with E-state index < -0.39 is 0 Å². The zero-order valence-corrected chi connectivity index (χ0v) is 12.2. The lowest BCUT2D eigenvalue weighted by Crippen LogP contribution is -2.34. The molecule has 0 aromatic heterocycles. The van der Waals surface area contributed by atoms with E-state index in [1.54, 1.807) is 0 Å². The van der Waals surface area contributed by atoms with Crippen molar-refractivity contribution in [3.05, 3.63) is 0 Å². The van der Waals surface area contributed by atoms with Crippen molar-refractivity contribution in [2.24, 2.45) is 5.41 Å². The molecule has 1 saturated carbocycles. The van der Waals surface area contributed by atoms with Gasteiger partial charge in [0.15, 0.2) is 0 Å². The maximum atomic E-state index is 3.73. The van der Waals surface area contributed by atoms with Crippen molar-refractivity contribution < 1.29 is 0 Å². The number of nitrogens with one attached hydrogen (secondary N) is 1. The summed E-state index contributed by atoms with van der Waals surface area (Å²) in [6.45, 7) is 8.24.